The van der Waals surface area contributed by atoms with E-state index in [2.05, 4.69) is 13.8 Å². The first-order valence-electron chi connectivity index (χ1n) is 5.69. The second-order valence-corrected chi connectivity index (χ2v) is 4.63. The molecular weight excluding hydrogens is 200 g/mol. The summed E-state index contributed by atoms with van der Waals surface area (Å²) in [6.07, 6.45) is 0. The second kappa shape index (κ2) is 5.15. The first kappa shape index (κ1) is 12.8. The normalized spacial score (nSPS) is 10.9. The Labute approximate surface area is 97.6 Å². The van der Waals surface area contributed by atoms with Crippen molar-refractivity contribution in [2.45, 2.75) is 33.6 Å². The van der Waals surface area contributed by atoms with Crippen LogP contribution in [-0.2, 0) is 0 Å². The topological polar surface area (TPSA) is 26.3 Å². The van der Waals surface area contributed by atoms with Gasteiger partial charge in [-0.1, -0.05) is 33.8 Å². The molecule has 0 aliphatic heterocycles. The Kier molecular flexibility index (Phi) is 4.11. The van der Waals surface area contributed by atoms with Crippen molar-refractivity contribution in [2.24, 2.45) is 5.92 Å². The third-order valence-corrected chi connectivity index (χ3v) is 2.68. The van der Waals surface area contributed by atoms with Crippen LogP contribution < -0.4 is 4.74 Å². The highest BCUT2D eigenvalue weighted by atomic mass is 16.5. The molecule has 0 radical (unpaired) electrons. The van der Waals surface area contributed by atoms with Crippen molar-refractivity contribution in [1.29, 1.82) is 0 Å². The van der Waals surface area contributed by atoms with Crippen LogP contribution in [0.15, 0.2) is 18.2 Å². The lowest BCUT2D eigenvalue weighted by molar-refractivity contribution is 0.0936. The van der Waals surface area contributed by atoms with Crippen LogP contribution in [0.3, 0.4) is 0 Å². The number of Topliss-reactive ketones (excluding diaryl/α,β-unsaturated/α-hetero) is 1. The van der Waals surface area contributed by atoms with Crippen LogP contribution in [0.1, 0.15) is 49.5 Å². The van der Waals surface area contributed by atoms with Crippen LogP contribution in [0.2, 0.25) is 0 Å². The van der Waals surface area contributed by atoms with Crippen molar-refractivity contribution in [2.75, 3.05) is 7.11 Å². The summed E-state index contributed by atoms with van der Waals surface area (Å²) >= 11 is 0. The van der Waals surface area contributed by atoms with Crippen molar-refractivity contribution in [3.05, 3.63) is 29.3 Å². The van der Waals surface area contributed by atoms with Gasteiger partial charge < -0.3 is 4.74 Å². The Bertz CT molecular complexity index is 378. The summed E-state index contributed by atoms with van der Waals surface area (Å²) < 4.78 is 5.23. The average molecular weight is 220 g/mol. The molecule has 1 aromatic carbocycles. The summed E-state index contributed by atoms with van der Waals surface area (Å²) in [5, 5.41) is 0. The fourth-order valence-electron chi connectivity index (χ4n) is 1.59. The summed E-state index contributed by atoms with van der Waals surface area (Å²) in [6.45, 7) is 8.05. The summed E-state index contributed by atoms with van der Waals surface area (Å²) in [5.74, 6) is 1.23. The molecule has 0 heterocycles. The SMILES string of the molecule is COc1ccc(C(C)C)cc1C(=O)C(C)C. The molecule has 2 heteroatoms. The summed E-state index contributed by atoms with van der Waals surface area (Å²) in [4.78, 5) is 12.0. The maximum absolute atomic E-state index is 12.0. The highest BCUT2D eigenvalue weighted by molar-refractivity contribution is 6.00. The van der Waals surface area contributed by atoms with Crippen LogP contribution in [0.4, 0.5) is 0 Å². The van der Waals surface area contributed by atoms with Gasteiger partial charge in [0.1, 0.15) is 5.75 Å². The van der Waals surface area contributed by atoms with Crippen LogP contribution in [0, 0.1) is 5.92 Å². The molecule has 0 aliphatic carbocycles. The van der Waals surface area contributed by atoms with Crippen molar-refractivity contribution < 1.29 is 9.53 Å². The van der Waals surface area contributed by atoms with E-state index in [1.54, 1.807) is 7.11 Å². The Morgan fingerprint density at radius 2 is 1.81 bits per heavy atom. The van der Waals surface area contributed by atoms with Gasteiger partial charge in [-0.3, -0.25) is 4.79 Å². The van der Waals surface area contributed by atoms with Crippen molar-refractivity contribution in [1.82, 2.24) is 0 Å². The zero-order valence-electron chi connectivity index (χ0n) is 10.7. The van der Waals surface area contributed by atoms with Gasteiger partial charge in [-0.15, -0.1) is 0 Å². The third kappa shape index (κ3) is 2.63. The van der Waals surface area contributed by atoms with Gasteiger partial charge in [-0.25, -0.2) is 0 Å². The molecule has 2 nitrogen and oxygen atoms in total. The predicted molar refractivity (Wildman–Crippen MR) is 66.3 cm³/mol. The van der Waals surface area contributed by atoms with E-state index in [1.807, 2.05) is 32.0 Å². The number of hydrogen-bond donors (Lipinski definition) is 0. The van der Waals surface area contributed by atoms with Crippen molar-refractivity contribution >= 4 is 5.78 Å². The van der Waals surface area contributed by atoms with Crippen LogP contribution >= 0.6 is 0 Å². The first-order chi connectivity index (χ1) is 7.47. The molecule has 1 rings (SSSR count). The van der Waals surface area contributed by atoms with Crippen LogP contribution in [-0.4, -0.2) is 12.9 Å². The third-order valence-electron chi connectivity index (χ3n) is 2.68. The number of carbonyl (C=O) groups excluding carboxylic acids is 1. The molecule has 0 unspecified atom stereocenters. The number of hydrogen-bond acceptors (Lipinski definition) is 2. The molecular formula is C14H20O2. The smallest absolute Gasteiger partial charge is 0.169 e. The van der Waals surface area contributed by atoms with E-state index in [-0.39, 0.29) is 11.7 Å². The number of ether oxygens (including phenoxy) is 1. The zero-order valence-corrected chi connectivity index (χ0v) is 10.7. The molecule has 0 aliphatic rings. The van der Waals surface area contributed by atoms with Gasteiger partial charge in [-0.2, -0.15) is 0 Å². The Morgan fingerprint density at radius 1 is 1.19 bits per heavy atom. The molecule has 0 N–H and O–H groups in total. The standard InChI is InChI=1S/C14H20O2/c1-9(2)11-6-7-13(16-5)12(8-11)14(15)10(3)4/h6-10H,1-5H3. The van der Waals surface area contributed by atoms with Gasteiger partial charge in [0.25, 0.3) is 0 Å². The van der Waals surface area contributed by atoms with Crippen LogP contribution in [0.25, 0.3) is 0 Å². The molecule has 88 valence electrons. The van der Waals surface area contributed by atoms with E-state index in [9.17, 15) is 4.79 Å². The Balaban J connectivity index is 3.22. The Morgan fingerprint density at radius 3 is 2.25 bits per heavy atom. The van der Waals surface area contributed by atoms with Gasteiger partial charge >= 0.3 is 0 Å². The predicted octanol–water partition coefficient (Wildman–Crippen LogP) is 3.66. The molecule has 0 atom stereocenters. The molecule has 0 bridgehead atoms. The highest BCUT2D eigenvalue weighted by Crippen LogP contribution is 2.26. The number of rotatable bonds is 4. The first-order valence-corrected chi connectivity index (χ1v) is 5.69. The summed E-state index contributed by atoms with van der Waals surface area (Å²) in [5.41, 5.74) is 1.87. The summed E-state index contributed by atoms with van der Waals surface area (Å²) in [7, 11) is 1.60. The average Bonchev–Trinajstić information content (AvgIpc) is 2.26. The zero-order chi connectivity index (χ0) is 12.3. The Hall–Kier alpha value is -1.31. The molecule has 0 saturated heterocycles. The number of benzene rings is 1. The van der Waals surface area contributed by atoms with Crippen molar-refractivity contribution in [3.63, 3.8) is 0 Å². The summed E-state index contributed by atoms with van der Waals surface area (Å²) in [6, 6.07) is 5.84. The number of methoxy groups -OCH3 is 1. The molecule has 0 spiro atoms. The molecule has 0 amide bonds. The lowest BCUT2D eigenvalue weighted by Crippen LogP contribution is -2.10. The molecule has 1 aromatic rings. The largest absolute Gasteiger partial charge is 0.496 e. The lowest BCUT2D eigenvalue weighted by atomic mass is 9.94. The molecule has 0 fully saturated rings. The van der Waals surface area contributed by atoms with E-state index in [4.69, 9.17) is 4.74 Å². The lowest BCUT2D eigenvalue weighted by Gasteiger charge is -2.13. The van der Waals surface area contributed by atoms with Gasteiger partial charge in [0.05, 0.1) is 12.7 Å². The van der Waals surface area contributed by atoms with Crippen molar-refractivity contribution in [3.8, 4) is 5.75 Å². The van der Waals surface area contributed by atoms with Gasteiger partial charge in [0.2, 0.25) is 0 Å². The number of ketones is 1. The minimum Gasteiger partial charge on any atom is -0.496 e. The van der Waals surface area contributed by atoms with Gasteiger partial charge in [0, 0.05) is 5.92 Å². The molecule has 0 aromatic heterocycles. The monoisotopic (exact) mass is 220 g/mol. The van der Waals surface area contributed by atoms with E-state index in [1.165, 1.54) is 5.56 Å². The maximum Gasteiger partial charge on any atom is 0.169 e. The van der Waals surface area contributed by atoms with Gasteiger partial charge in [0.15, 0.2) is 5.78 Å². The second-order valence-electron chi connectivity index (χ2n) is 4.63. The quantitative estimate of drug-likeness (QED) is 0.724. The minimum atomic E-state index is -0.00341. The fourth-order valence-corrected chi connectivity index (χ4v) is 1.59. The number of carbonyl (C=O) groups is 1. The minimum absolute atomic E-state index is 0.00341. The van der Waals surface area contributed by atoms with E-state index >= 15 is 0 Å². The maximum atomic E-state index is 12.0. The van der Waals surface area contributed by atoms with Crippen LogP contribution in [0.5, 0.6) is 5.75 Å². The van der Waals surface area contributed by atoms with E-state index in [0.29, 0.717) is 17.2 Å². The fraction of sp³-hybridized carbons (Fsp3) is 0.500. The molecule has 0 saturated carbocycles. The van der Waals surface area contributed by atoms with Gasteiger partial charge in [-0.05, 0) is 23.6 Å². The molecule has 16 heavy (non-hydrogen) atoms. The van der Waals surface area contributed by atoms with E-state index < -0.39 is 0 Å². The van der Waals surface area contributed by atoms with E-state index in [0.717, 1.165) is 0 Å². The highest BCUT2D eigenvalue weighted by Gasteiger charge is 2.16.